The Balaban J connectivity index is 2.65. The van der Waals surface area contributed by atoms with Crippen molar-refractivity contribution < 1.29 is 9.53 Å². The first kappa shape index (κ1) is 12.0. The van der Waals surface area contributed by atoms with E-state index in [0.717, 1.165) is 38.5 Å². The van der Waals surface area contributed by atoms with Gasteiger partial charge in [-0.05, 0) is 25.7 Å². The van der Waals surface area contributed by atoms with Crippen LogP contribution >= 0.6 is 0 Å². The van der Waals surface area contributed by atoms with Crippen molar-refractivity contribution >= 4 is 11.9 Å². The fraction of sp³-hybridized carbons (Fsp3) is 0.818. The number of amidine groups is 1. The van der Waals surface area contributed by atoms with Crippen LogP contribution in [0, 0.1) is 0 Å². The number of unbranched alkanes of at least 4 members (excludes halogenated alkanes) is 2. The number of aliphatic imine (C=N–C) groups is 1. The normalized spacial score (nSPS) is 18.8. The average molecular weight is 212 g/mol. The van der Waals surface area contributed by atoms with Crippen LogP contribution in [-0.4, -0.2) is 17.5 Å². The molecule has 1 amide bonds. The summed E-state index contributed by atoms with van der Waals surface area (Å²) in [6, 6.07) is 0.0345. The highest BCUT2D eigenvalue weighted by Crippen LogP contribution is 2.30. The molecule has 86 valence electrons. The molecule has 0 aromatic rings. The van der Waals surface area contributed by atoms with Gasteiger partial charge in [-0.1, -0.05) is 26.7 Å². The third-order valence-electron chi connectivity index (χ3n) is 2.77. The molecule has 1 aliphatic heterocycles. The molecule has 0 aliphatic carbocycles. The molecule has 4 nitrogen and oxygen atoms in total. The van der Waals surface area contributed by atoms with Gasteiger partial charge >= 0.3 is 0 Å². The van der Waals surface area contributed by atoms with Gasteiger partial charge in [0.25, 0.3) is 11.9 Å². The van der Waals surface area contributed by atoms with Gasteiger partial charge in [0.15, 0.2) is 5.60 Å². The number of hydrogen-bond donors (Lipinski definition) is 1. The van der Waals surface area contributed by atoms with Crippen LogP contribution in [0.3, 0.4) is 0 Å². The topological polar surface area (TPSA) is 64.7 Å². The molecule has 0 saturated carbocycles. The monoisotopic (exact) mass is 212 g/mol. The van der Waals surface area contributed by atoms with Crippen molar-refractivity contribution in [1.82, 2.24) is 0 Å². The molecule has 0 spiro atoms. The molecule has 2 N–H and O–H groups in total. The fourth-order valence-corrected chi connectivity index (χ4v) is 1.83. The van der Waals surface area contributed by atoms with E-state index < -0.39 is 5.60 Å². The summed E-state index contributed by atoms with van der Waals surface area (Å²) in [5, 5.41) is 0. The number of amides is 1. The molecule has 1 aliphatic rings. The second-order valence-electron chi connectivity index (χ2n) is 4.06. The highest BCUT2D eigenvalue weighted by molar-refractivity contribution is 6.00. The van der Waals surface area contributed by atoms with Crippen LogP contribution in [-0.2, 0) is 9.53 Å². The van der Waals surface area contributed by atoms with Crippen molar-refractivity contribution in [3.05, 3.63) is 0 Å². The third-order valence-corrected chi connectivity index (χ3v) is 2.77. The van der Waals surface area contributed by atoms with Gasteiger partial charge < -0.3 is 10.5 Å². The van der Waals surface area contributed by atoms with Crippen LogP contribution in [0.25, 0.3) is 0 Å². The number of hydrogen-bond acceptors (Lipinski definition) is 3. The van der Waals surface area contributed by atoms with Gasteiger partial charge in [-0.25, -0.2) is 0 Å². The molecule has 4 heteroatoms. The second kappa shape index (κ2) is 5.14. The van der Waals surface area contributed by atoms with E-state index in [1.807, 2.05) is 0 Å². The lowest BCUT2D eigenvalue weighted by molar-refractivity contribution is -0.132. The average Bonchev–Trinajstić information content (AvgIpc) is 2.48. The first-order valence-corrected chi connectivity index (χ1v) is 5.72. The number of nitrogens with zero attached hydrogens (tertiary/aromatic N) is 1. The van der Waals surface area contributed by atoms with Crippen LogP contribution in [0.4, 0.5) is 0 Å². The van der Waals surface area contributed by atoms with Crippen LogP contribution in [0.5, 0.6) is 0 Å². The maximum atomic E-state index is 11.7. The summed E-state index contributed by atoms with van der Waals surface area (Å²) in [5.41, 5.74) is 4.71. The lowest BCUT2D eigenvalue weighted by Crippen LogP contribution is -2.38. The van der Waals surface area contributed by atoms with E-state index in [2.05, 4.69) is 18.8 Å². The highest BCUT2D eigenvalue weighted by atomic mass is 16.5. The van der Waals surface area contributed by atoms with E-state index in [4.69, 9.17) is 10.5 Å². The summed E-state index contributed by atoms with van der Waals surface area (Å²) in [4.78, 5) is 15.4. The number of rotatable bonds is 6. The molecule has 0 fully saturated rings. The second-order valence-corrected chi connectivity index (χ2v) is 4.06. The number of ether oxygens (including phenoxy) is 1. The Morgan fingerprint density at radius 3 is 2.13 bits per heavy atom. The molecule has 15 heavy (non-hydrogen) atoms. The molecule has 0 aromatic heterocycles. The van der Waals surface area contributed by atoms with E-state index in [1.165, 1.54) is 0 Å². The fourth-order valence-electron chi connectivity index (χ4n) is 1.83. The molecule has 0 bridgehead atoms. The minimum absolute atomic E-state index is 0.0345. The minimum atomic E-state index is -0.740. The largest absolute Gasteiger partial charge is 0.448 e. The summed E-state index contributed by atoms with van der Waals surface area (Å²) in [7, 11) is 0. The Kier molecular flexibility index (Phi) is 4.12. The predicted molar refractivity (Wildman–Crippen MR) is 59.5 cm³/mol. The predicted octanol–water partition coefficient (Wildman–Crippen LogP) is 1.98. The van der Waals surface area contributed by atoms with Crippen LogP contribution in [0.15, 0.2) is 4.99 Å². The maximum Gasteiger partial charge on any atom is 0.294 e. The number of carbonyl (C=O) groups is 1. The Hall–Kier alpha value is -1.06. The standard InChI is InChI=1S/C11H20N2O2/c1-3-5-7-11(8-6-4-2)9(14)13-10(12)15-11/h3-8H2,1-2H3,(H2,12,13,14). The van der Waals surface area contributed by atoms with Crippen molar-refractivity contribution in [2.75, 3.05) is 0 Å². The van der Waals surface area contributed by atoms with Gasteiger partial charge in [-0.2, -0.15) is 4.99 Å². The quantitative estimate of drug-likeness (QED) is 0.732. The van der Waals surface area contributed by atoms with Gasteiger partial charge in [-0.15, -0.1) is 0 Å². The zero-order valence-corrected chi connectivity index (χ0v) is 9.58. The third kappa shape index (κ3) is 2.70. The van der Waals surface area contributed by atoms with Crippen LogP contribution in [0.1, 0.15) is 52.4 Å². The smallest absolute Gasteiger partial charge is 0.294 e. The van der Waals surface area contributed by atoms with E-state index >= 15 is 0 Å². The minimum Gasteiger partial charge on any atom is -0.448 e. The molecule has 1 rings (SSSR count). The summed E-state index contributed by atoms with van der Waals surface area (Å²) < 4.78 is 5.44. The first-order chi connectivity index (χ1) is 7.14. The summed E-state index contributed by atoms with van der Waals surface area (Å²) in [6.45, 7) is 4.19. The maximum absolute atomic E-state index is 11.7. The van der Waals surface area contributed by atoms with E-state index in [-0.39, 0.29) is 11.9 Å². The van der Waals surface area contributed by atoms with Gasteiger partial charge in [0.1, 0.15) is 0 Å². The zero-order chi connectivity index (χ0) is 11.3. The van der Waals surface area contributed by atoms with Gasteiger partial charge in [0, 0.05) is 0 Å². The molecule has 0 aromatic carbocycles. The molecule has 1 heterocycles. The molecule has 0 unspecified atom stereocenters. The zero-order valence-electron chi connectivity index (χ0n) is 9.58. The lowest BCUT2D eigenvalue weighted by Gasteiger charge is -2.25. The first-order valence-electron chi connectivity index (χ1n) is 5.72. The summed E-state index contributed by atoms with van der Waals surface area (Å²) >= 11 is 0. The lowest BCUT2D eigenvalue weighted by atomic mass is 9.90. The number of nitrogens with two attached hydrogens (primary N) is 1. The summed E-state index contributed by atoms with van der Waals surface area (Å²) in [6.07, 6.45) is 5.49. The van der Waals surface area contributed by atoms with E-state index in [1.54, 1.807) is 0 Å². The van der Waals surface area contributed by atoms with Gasteiger partial charge in [-0.3, -0.25) is 4.79 Å². The van der Waals surface area contributed by atoms with E-state index in [0.29, 0.717) is 0 Å². The van der Waals surface area contributed by atoms with Gasteiger partial charge in [0.05, 0.1) is 0 Å². The van der Waals surface area contributed by atoms with Crippen molar-refractivity contribution in [2.24, 2.45) is 10.7 Å². The summed E-state index contributed by atoms with van der Waals surface area (Å²) in [5.74, 6) is -0.193. The Morgan fingerprint density at radius 1 is 1.27 bits per heavy atom. The Bertz CT molecular complexity index is 253. The van der Waals surface area contributed by atoms with Crippen LogP contribution < -0.4 is 5.73 Å². The van der Waals surface area contributed by atoms with Crippen LogP contribution in [0.2, 0.25) is 0 Å². The molecule has 0 atom stereocenters. The van der Waals surface area contributed by atoms with Gasteiger partial charge in [0.2, 0.25) is 0 Å². The van der Waals surface area contributed by atoms with Crippen molar-refractivity contribution in [3.8, 4) is 0 Å². The number of carbonyl (C=O) groups excluding carboxylic acids is 1. The molecular weight excluding hydrogens is 192 g/mol. The van der Waals surface area contributed by atoms with Crippen molar-refractivity contribution in [1.29, 1.82) is 0 Å². The SMILES string of the molecule is CCCCC1(CCCC)OC(N)=NC1=O. The Labute approximate surface area is 90.9 Å². The Morgan fingerprint density at radius 2 is 1.80 bits per heavy atom. The highest BCUT2D eigenvalue weighted by Gasteiger charge is 2.44. The molecule has 0 radical (unpaired) electrons. The molecular formula is C11H20N2O2. The van der Waals surface area contributed by atoms with E-state index in [9.17, 15) is 4.79 Å². The van der Waals surface area contributed by atoms with Crippen molar-refractivity contribution in [2.45, 2.75) is 58.0 Å². The molecule has 0 saturated heterocycles. The van der Waals surface area contributed by atoms with Crippen molar-refractivity contribution in [3.63, 3.8) is 0 Å².